The molecule has 2 aliphatic heterocycles. The minimum absolute atomic E-state index is 0.352. The molecule has 20 heavy (non-hydrogen) atoms. The fourth-order valence-corrected chi connectivity index (χ4v) is 3.49. The summed E-state index contributed by atoms with van der Waals surface area (Å²) in [5.74, 6) is 1.11. The van der Waals surface area contributed by atoms with Crippen LogP contribution in [-0.2, 0) is 4.79 Å². The molecule has 116 valence electrons. The van der Waals surface area contributed by atoms with Gasteiger partial charge >= 0.3 is 0 Å². The Balaban J connectivity index is 1.73. The van der Waals surface area contributed by atoms with Crippen molar-refractivity contribution in [1.29, 1.82) is 0 Å². The van der Waals surface area contributed by atoms with Gasteiger partial charge in [0.2, 0.25) is 5.91 Å². The molecule has 0 aliphatic carbocycles. The maximum atomic E-state index is 12.4. The van der Waals surface area contributed by atoms with Gasteiger partial charge in [-0.1, -0.05) is 0 Å². The van der Waals surface area contributed by atoms with Crippen LogP contribution in [0.3, 0.4) is 0 Å². The Morgan fingerprint density at radius 3 is 2.65 bits per heavy atom. The van der Waals surface area contributed by atoms with E-state index in [4.69, 9.17) is 0 Å². The van der Waals surface area contributed by atoms with Gasteiger partial charge in [0.15, 0.2) is 0 Å². The lowest BCUT2D eigenvalue weighted by molar-refractivity contribution is -0.133. The molecule has 2 fully saturated rings. The summed E-state index contributed by atoms with van der Waals surface area (Å²) >= 11 is 0. The van der Waals surface area contributed by atoms with Crippen molar-refractivity contribution < 1.29 is 4.79 Å². The number of likely N-dealkylation sites (tertiary alicyclic amines) is 1. The molecule has 0 saturated carbocycles. The zero-order chi connectivity index (χ0) is 14.5. The molecule has 0 unspecified atom stereocenters. The number of carbonyl (C=O) groups is 1. The Hall–Kier alpha value is -0.610. The van der Waals surface area contributed by atoms with Gasteiger partial charge in [-0.25, -0.2) is 0 Å². The number of hydrogen-bond donors (Lipinski definition) is 1. The van der Waals surface area contributed by atoms with Crippen LogP contribution in [0.2, 0.25) is 0 Å². The van der Waals surface area contributed by atoms with Gasteiger partial charge in [-0.15, -0.1) is 0 Å². The standard InChI is InChI=1S/C16H31N3O/c1-13-12-15(8-11-18(13)2)19(3)16(20)5-4-14-6-9-17-10-7-14/h13-15,17H,4-12H2,1-3H3/t13-,15-/m0/s1. The van der Waals surface area contributed by atoms with E-state index in [1.165, 1.54) is 12.8 Å². The van der Waals surface area contributed by atoms with Gasteiger partial charge in [-0.2, -0.15) is 0 Å². The van der Waals surface area contributed by atoms with E-state index < -0.39 is 0 Å². The molecule has 0 aromatic carbocycles. The van der Waals surface area contributed by atoms with E-state index in [9.17, 15) is 4.79 Å². The van der Waals surface area contributed by atoms with Crippen LogP contribution in [0.15, 0.2) is 0 Å². The summed E-state index contributed by atoms with van der Waals surface area (Å²) in [6, 6.07) is 1.04. The third-order valence-corrected chi connectivity index (χ3v) is 5.35. The first-order valence-corrected chi connectivity index (χ1v) is 8.24. The Kier molecular flexibility index (Phi) is 5.85. The van der Waals surface area contributed by atoms with Gasteiger partial charge in [0.05, 0.1) is 0 Å². The van der Waals surface area contributed by atoms with Gasteiger partial charge in [-0.3, -0.25) is 4.79 Å². The molecule has 4 heteroatoms. The highest BCUT2D eigenvalue weighted by molar-refractivity contribution is 5.76. The van der Waals surface area contributed by atoms with Gasteiger partial charge in [0.1, 0.15) is 0 Å². The Labute approximate surface area is 123 Å². The molecule has 2 saturated heterocycles. The molecule has 2 atom stereocenters. The van der Waals surface area contributed by atoms with Crippen LogP contribution in [-0.4, -0.2) is 61.5 Å². The zero-order valence-electron chi connectivity index (χ0n) is 13.4. The maximum absolute atomic E-state index is 12.4. The summed E-state index contributed by atoms with van der Waals surface area (Å²) < 4.78 is 0. The van der Waals surface area contributed by atoms with Crippen molar-refractivity contribution in [3.63, 3.8) is 0 Å². The molecule has 1 N–H and O–H groups in total. The fourth-order valence-electron chi connectivity index (χ4n) is 3.49. The monoisotopic (exact) mass is 281 g/mol. The first-order chi connectivity index (χ1) is 9.58. The first-order valence-electron chi connectivity index (χ1n) is 8.24. The summed E-state index contributed by atoms with van der Waals surface area (Å²) in [6.45, 7) is 5.62. The van der Waals surface area contributed by atoms with Crippen molar-refractivity contribution >= 4 is 5.91 Å². The number of rotatable bonds is 4. The Morgan fingerprint density at radius 2 is 2.00 bits per heavy atom. The van der Waals surface area contributed by atoms with Crippen LogP contribution in [0.1, 0.15) is 45.4 Å². The lowest BCUT2D eigenvalue weighted by Gasteiger charge is -2.39. The number of carbonyl (C=O) groups excluding carboxylic acids is 1. The molecule has 2 aliphatic rings. The van der Waals surface area contributed by atoms with E-state index >= 15 is 0 Å². The van der Waals surface area contributed by atoms with Gasteiger partial charge in [0, 0.05) is 32.1 Å². The van der Waals surface area contributed by atoms with E-state index in [0.717, 1.165) is 51.2 Å². The van der Waals surface area contributed by atoms with Gasteiger partial charge in [0.25, 0.3) is 0 Å². The molecule has 0 spiro atoms. The average molecular weight is 281 g/mol. The predicted molar refractivity (Wildman–Crippen MR) is 82.7 cm³/mol. The van der Waals surface area contributed by atoms with Crippen molar-refractivity contribution in [2.75, 3.05) is 33.7 Å². The second kappa shape index (κ2) is 7.41. The molecule has 1 amide bonds. The topological polar surface area (TPSA) is 35.6 Å². The summed E-state index contributed by atoms with van der Waals surface area (Å²) in [5, 5.41) is 3.39. The largest absolute Gasteiger partial charge is 0.343 e. The number of piperidine rings is 2. The lowest BCUT2D eigenvalue weighted by Crippen LogP contribution is -2.48. The molecule has 2 rings (SSSR count). The van der Waals surface area contributed by atoms with Crippen molar-refractivity contribution in [3.05, 3.63) is 0 Å². The van der Waals surface area contributed by atoms with Crippen LogP contribution >= 0.6 is 0 Å². The van der Waals surface area contributed by atoms with Crippen LogP contribution in [0, 0.1) is 5.92 Å². The quantitative estimate of drug-likeness (QED) is 0.852. The summed E-state index contributed by atoms with van der Waals surface area (Å²) in [7, 11) is 4.19. The van der Waals surface area contributed by atoms with Crippen molar-refractivity contribution in [2.45, 2.75) is 57.5 Å². The average Bonchev–Trinajstić information content (AvgIpc) is 2.48. The summed E-state index contributed by atoms with van der Waals surface area (Å²) in [6.07, 6.45) is 6.53. The fraction of sp³-hybridized carbons (Fsp3) is 0.938. The minimum Gasteiger partial charge on any atom is -0.343 e. The van der Waals surface area contributed by atoms with E-state index in [1.54, 1.807) is 0 Å². The van der Waals surface area contributed by atoms with Crippen LogP contribution in [0.5, 0.6) is 0 Å². The van der Waals surface area contributed by atoms with Crippen LogP contribution in [0.4, 0.5) is 0 Å². The minimum atomic E-state index is 0.352. The third kappa shape index (κ3) is 4.19. The SMILES string of the molecule is C[C@H]1C[C@@H](N(C)C(=O)CCC2CCNCC2)CCN1C. The first kappa shape index (κ1) is 15.8. The highest BCUT2D eigenvalue weighted by Crippen LogP contribution is 2.22. The highest BCUT2D eigenvalue weighted by Gasteiger charge is 2.28. The molecular formula is C16H31N3O. The Morgan fingerprint density at radius 1 is 1.30 bits per heavy atom. The second-order valence-electron chi connectivity index (χ2n) is 6.74. The number of hydrogen-bond acceptors (Lipinski definition) is 3. The Bertz CT molecular complexity index is 315. The van der Waals surface area contributed by atoms with E-state index in [0.29, 0.717) is 18.0 Å². The zero-order valence-corrected chi connectivity index (χ0v) is 13.4. The van der Waals surface area contributed by atoms with Gasteiger partial charge in [-0.05, 0) is 65.1 Å². The van der Waals surface area contributed by atoms with Gasteiger partial charge < -0.3 is 15.1 Å². The van der Waals surface area contributed by atoms with E-state index in [2.05, 4.69) is 24.2 Å². The molecule has 0 aromatic heterocycles. The number of amides is 1. The predicted octanol–water partition coefficient (Wildman–Crippen LogP) is 1.71. The van der Waals surface area contributed by atoms with Crippen LogP contribution in [0.25, 0.3) is 0 Å². The lowest BCUT2D eigenvalue weighted by atomic mass is 9.92. The molecule has 0 aromatic rings. The van der Waals surface area contributed by atoms with Crippen molar-refractivity contribution in [1.82, 2.24) is 15.1 Å². The maximum Gasteiger partial charge on any atom is 0.222 e. The van der Waals surface area contributed by atoms with E-state index in [1.807, 2.05) is 11.9 Å². The molecule has 0 bridgehead atoms. The smallest absolute Gasteiger partial charge is 0.222 e. The summed E-state index contributed by atoms with van der Waals surface area (Å²) in [5.41, 5.74) is 0. The van der Waals surface area contributed by atoms with Crippen molar-refractivity contribution in [3.8, 4) is 0 Å². The molecule has 4 nitrogen and oxygen atoms in total. The second-order valence-corrected chi connectivity index (χ2v) is 6.74. The van der Waals surface area contributed by atoms with Crippen molar-refractivity contribution in [2.24, 2.45) is 5.92 Å². The highest BCUT2D eigenvalue weighted by atomic mass is 16.2. The van der Waals surface area contributed by atoms with E-state index in [-0.39, 0.29) is 0 Å². The molecule has 2 heterocycles. The molecular weight excluding hydrogens is 250 g/mol. The third-order valence-electron chi connectivity index (χ3n) is 5.35. The number of nitrogens with one attached hydrogen (secondary N) is 1. The number of nitrogens with zero attached hydrogens (tertiary/aromatic N) is 2. The normalized spacial score (nSPS) is 29.4. The van der Waals surface area contributed by atoms with Crippen LogP contribution < -0.4 is 5.32 Å². The molecule has 0 radical (unpaired) electrons. The summed E-state index contributed by atoms with van der Waals surface area (Å²) in [4.78, 5) is 16.8.